The maximum Gasteiger partial charge on any atom is 0.253 e. The van der Waals surface area contributed by atoms with Crippen molar-refractivity contribution in [1.82, 2.24) is 14.9 Å². The van der Waals surface area contributed by atoms with Crippen LogP contribution in [0.4, 0.5) is 0 Å². The third kappa shape index (κ3) is 5.60. The van der Waals surface area contributed by atoms with E-state index in [1.54, 1.807) is 18.4 Å². The Bertz CT molecular complexity index is 1310. The van der Waals surface area contributed by atoms with Gasteiger partial charge in [-0.25, -0.2) is 4.98 Å². The number of methoxy groups -OCH3 is 1. The number of rotatable bonds is 9. The largest absolute Gasteiger partial charge is 0.497 e. The number of amides is 1. The van der Waals surface area contributed by atoms with Gasteiger partial charge in [-0.15, -0.1) is 11.3 Å². The Balaban J connectivity index is 1.69. The first-order valence-electron chi connectivity index (χ1n) is 11.8. The highest BCUT2D eigenvalue weighted by molar-refractivity contribution is 7.13. The summed E-state index contributed by atoms with van der Waals surface area (Å²) in [6, 6.07) is 17.9. The van der Waals surface area contributed by atoms with E-state index in [0.29, 0.717) is 10.6 Å². The van der Waals surface area contributed by atoms with Crippen molar-refractivity contribution < 1.29 is 9.53 Å². The molecule has 0 bridgehead atoms. The number of halogens is 1. The van der Waals surface area contributed by atoms with Gasteiger partial charge in [0.25, 0.3) is 5.91 Å². The van der Waals surface area contributed by atoms with E-state index >= 15 is 0 Å². The van der Waals surface area contributed by atoms with Crippen molar-refractivity contribution in [3.63, 3.8) is 0 Å². The summed E-state index contributed by atoms with van der Waals surface area (Å²) in [4.78, 5) is 18.0. The molecule has 2 aromatic heterocycles. The van der Waals surface area contributed by atoms with Crippen LogP contribution in [-0.2, 0) is 13.0 Å². The van der Waals surface area contributed by atoms with E-state index < -0.39 is 0 Å². The number of ether oxygens (including phenoxy) is 1. The van der Waals surface area contributed by atoms with Crippen molar-refractivity contribution in [2.75, 3.05) is 7.11 Å². The van der Waals surface area contributed by atoms with Crippen LogP contribution in [0.1, 0.15) is 41.9 Å². The molecule has 35 heavy (non-hydrogen) atoms. The molecule has 1 amide bonds. The zero-order valence-electron chi connectivity index (χ0n) is 20.5. The summed E-state index contributed by atoms with van der Waals surface area (Å²) < 4.78 is 7.48. The van der Waals surface area contributed by atoms with Gasteiger partial charge in [-0.2, -0.15) is 0 Å². The normalized spacial score (nSPS) is 11.9. The molecule has 1 atom stereocenters. The number of nitrogens with one attached hydrogen (secondary N) is 1. The van der Waals surface area contributed by atoms with Gasteiger partial charge < -0.3 is 14.6 Å². The summed E-state index contributed by atoms with van der Waals surface area (Å²) in [7, 11) is 1.67. The molecule has 0 aliphatic heterocycles. The Morgan fingerprint density at radius 1 is 1.20 bits per heavy atom. The van der Waals surface area contributed by atoms with Crippen molar-refractivity contribution in [1.29, 1.82) is 0 Å². The molecule has 2 aromatic carbocycles. The second kappa shape index (κ2) is 11.1. The van der Waals surface area contributed by atoms with E-state index in [2.05, 4.69) is 28.9 Å². The van der Waals surface area contributed by atoms with Crippen LogP contribution >= 0.6 is 22.9 Å². The first-order valence-corrected chi connectivity index (χ1v) is 13.0. The monoisotopic (exact) mass is 507 g/mol. The highest BCUT2D eigenvalue weighted by atomic mass is 35.5. The number of benzene rings is 2. The van der Waals surface area contributed by atoms with Crippen LogP contribution in [-0.4, -0.2) is 28.6 Å². The molecule has 0 spiro atoms. The second-order valence-corrected chi connectivity index (χ2v) is 9.84. The molecule has 4 rings (SSSR count). The second-order valence-electron chi connectivity index (χ2n) is 8.58. The lowest BCUT2D eigenvalue weighted by atomic mass is 10.1. The van der Waals surface area contributed by atoms with Crippen molar-refractivity contribution in [3.05, 3.63) is 81.8 Å². The van der Waals surface area contributed by atoms with Crippen LogP contribution in [0, 0.1) is 6.92 Å². The van der Waals surface area contributed by atoms with E-state index in [1.807, 2.05) is 61.7 Å². The molecule has 0 saturated carbocycles. The van der Waals surface area contributed by atoms with Gasteiger partial charge in [-0.05, 0) is 56.5 Å². The minimum Gasteiger partial charge on any atom is -0.497 e. The first-order chi connectivity index (χ1) is 16.9. The topological polar surface area (TPSA) is 56.2 Å². The molecule has 0 radical (unpaired) electrons. The van der Waals surface area contributed by atoms with Gasteiger partial charge in [0.15, 0.2) is 0 Å². The Kier molecular flexibility index (Phi) is 7.93. The molecular formula is C28H30ClN3O2S. The third-order valence-corrected chi connectivity index (χ3v) is 7.46. The van der Waals surface area contributed by atoms with E-state index in [0.717, 1.165) is 52.8 Å². The molecule has 0 aliphatic carbocycles. The molecule has 182 valence electrons. The lowest BCUT2D eigenvalue weighted by molar-refractivity contribution is 0.0938. The summed E-state index contributed by atoms with van der Waals surface area (Å²) >= 11 is 7.97. The lowest BCUT2D eigenvalue weighted by Gasteiger charge is -2.13. The van der Waals surface area contributed by atoms with Crippen LogP contribution in [0.15, 0.2) is 60.0 Å². The summed E-state index contributed by atoms with van der Waals surface area (Å²) in [6.07, 6.45) is 1.70. The summed E-state index contributed by atoms with van der Waals surface area (Å²) in [5.74, 6) is 0.785. The van der Waals surface area contributed by atoms with Crippen LogP contribution in [0.25, 0.3) is 22.0 Å². The summed E-state index contributed by atoms with van der Waals surface area (Å²) in [5.41, 5.74) is 5.49. The zero-order valence-corrected chi connectivity index (χ0v) is 22.0. The van der Waals surface area contributed by atoms with Gasteiger partial charge in [0, 0.05) is 29.2 Å². The highest BCUT2D eigenvalue weighted by Gasteiger charge is 2.21. The van der Waals surface area contributed by atoms with Gasteiger partial charge in [0.2, 0.25) is 0 Å². The Morgan fingerprint density at radius 2 is 1.94 bits per heavy atom. The van der Waals surface area contributed by atoms with E-state index in [-0.39, 0.29) is 11.9 Å². The number of thiazole rings is 1. The number of carbonyl (C=O) groups excluding carboxylic acids is 1. The van der Waals surface area contributed by atoms with Crippen LogP contribution in [0.3, 0.4) is 0 Å². The zero-order chi connectivity index (χ0) is 24.9. The standard InChI is InChI=1S/C28H30ClN3O2S/c1-5-18(2)30-27(33)23-16-26(25-17-35-28(31-25)22-8-6-7-9-24(22)29)32(19(23)3)15-14-20-10-12-21(34-4)13-11-20/h6-13,16-18H,5,14-15H2,1-4H3,(H,30,33). The van der Waals surface area contributed by atoms with E-state index in [4.69, 9.17) is 21.3 Å². The molecular weight excluding hydrogens is 478 g/mol. The molecule has 7 heteroatoms. The summed E-state index contributed by atoms with van der Waals surface area (Å²) in [6.45, 7) is 6.81. The Hall–Kier alpha value is -3.09. The van der Waals surface area contributed by atoms with Crippen molar-refractivity contribution in [2.24, 2.45) is 0 Å². The maximum atomic E-state index is 13.1. The average Bonchev–Trinajstić information content (AvgIpc) is 3.48. The van der Waals surface area contributed by atoms with Crippen LogP contribution in [0.2, 0.25) is 5.02 Å². The predicted molar refractivity (Wildman–Crippen MR) is 145 cm³/mol. The number of carbonyl (C=O) groups is 1. The molecule has 0 aliphatic rings. The van der Waals surface area contributed by atoms with E-state index in [9.17, 15) is 4.79 Å². The molecule has 1 N–H and O–H groups in total. The van der Waals surface area contributed by atoms with Gasteiger partial charge >= 0.3 is 0 Å². The van der Waals surface area contributed by atoms with E-state index in [1.165, 1.54) is 5.56 Å². The lowest BCUT2D eigenvalue weighted by Crippen LogP contribution is -2.32. The SMILES string of the molecule is CCC(C)NC(=O)c1cc(-c2csc(-c3ccccc3Cl)n2)n(CCc2ccc(OC)cc2)c1C. The fourth-order valence-corrected chi connectivity index (χ4v) is 5.10. The quantitative estimate of drug-likeness (QED) is 0.265. The highest BCUT2D eigenvalue weighted by Crippen LogP contribution is 2.34. The smallest absolute Gasteiger partial charge is 0.253 e. The minimum absolute atomic E-state index is 0.0529. The van der Waals surface area contributed by atoms with Gasteiger partial charge in [0.1, 0.15) is 10.8 Å². The number of nitrogens with zero attached hydrogens (tertiary/aromatic N) is 2. The predicted octanol–water partition coefficient (Wildman–Crippen LogP) is 7.02. The van der Waals surface area contributed by atoms with Crippen molar-refractivity contribution in [2.45, 2.75) is 46.2 Å². The first kappa shape index (κ1) is 25.0. The maximum absolute atomic E-state index is 13.1. The average molecular weight is 508 g/mol. The Morgan fingerprint density at radius 3 is 2.63 bits per heavy atom. The minimum atomic E-state index is -0.0529. The fraction of sp³-hybridized carbons (Fsp3) is 0.286. The molecule has 1 unspecified atom stereocenters. The number of aryl methyl sites for hydroxylation is 1. The fourth-order valence-electron chi connectivity index (χ4n) is 3.96. The molecule has 4 aromatic rings. The molecule has 0 saturated heterocycles. The van der Waals surface area contributed by atoms with Gasteiger partial charge in [-0.3, -0.25) is 4.79 Å². The Labute approximate surface area is 215 Å². The number of aromatic nitrogens is 2. The number of hydrogen-bond acceptors (Lipinski definition) is 4. The van der Waals surface area contributed by atoms with Gasteiger partial charge in [-0.1, -0.05) is 48.9 Å². The third-order valence-electron chi connectivity index (χ3n) is 6.26. The molecule has 2 heterocycles. The van der Waals surface area contributed by atoms with Crippen molar-refractivity contribution >= 4 is 28.8 Å². The van der Waals surface area contributed by atoms with Crippen molar-refractivity contribution in [3.8, 4) is 27.7 Å². The number of hydrogen-bond donors (Lipinski definition) is 1. The molecule has 0 fully saturated rings. The van der Waals surface area contributed by atoms with Crippen LogP contribution in [0.5, 0.6) is 5.75 Å². The molecule has 5 nitrogen and oxygen atoms in total. The summed E-state index contributed by atoms with van der Waals surface area (Å²) in [5, 5.41) is 6.67. The van der Waals surface area contributed by atoms with Gasteiger partial charge in [0.05, 0.1) is 29.1 Å². The van der Waals surface area contributed by atoms with Crippen LogP contribution < -0.4 is 10.1 Å².